The number of carboxylic acid groups (broad SMARTS) is 1. The van der Waals surface area contributed by atoms with Crippen molar-refractivity contribution in [1.82, 2.24) is 10.6 Å². The first-order valence-corrected chi connectivity index (χ1v) is 6.50. The molecular formula is C12H20N2O2S. The van der Waals surface area contributed by atoms with Crippen LogP contribution in [0.2, 0.25) is 0 Å². The summed E-state index contributed by atoms with van der Waals surface area (Å²) in [5.74, 6) is -0.825. The molecule has 0 fully saturated rings. The van der Waals surface area contributed by atoms with Gasteiger partial charge in [-0.15, -0.1) is 11.3 Å². The van der Waals surface area contributed by atoms with E-state index >= 15 is 0 Å². The van der Waals surface area contributed by atoms with E-state index in [0.29, 0.717) is 6.54 Å². The Balaban J connectivity index is 2.43. The van der Waals surface area contributed by atoms with E-state index in [0.717, 1.165) is 6.54 Å². The first kappa shape index (κ1) is 14.2. The van der Waals surface area contributed by atoms with Gasteiger partial charge in [0.25, 0.3) is 0 Å². The van der Waals surface area contributed by atoms with Crippen molar-refractivity contribution >= 4 is 17.3 Å². The number of likely N-dealkylation sites (N-methyl/N-ethyl adjacent to an activating group) is 1. The smallest absolute Gasteiger partial charge is 0.322 e. The molecule has 1 heterocycles. The minimum absolute atomic E-state index is 0.0327. The first-order chi connectivity index (χ1) is 7.97. The molecule has 0 aliphatic rings. The molecule has 5 heteroatoms. The maximum absolute atomic E-state index is 10.8. The van der Waals surface area contributed by atoms with Gasteiger partial charge in [0, 0.05) is 23.4 Å². The number of carbonyl (C=O) groups is 1. The van der Waals surface area contributed by atoms with Gasteiger partial charge in [0.05, 0.1) is 0 Å². The molecule has 1 atom stereocenters. The van der Waals surface area contributed by atoms with Gasteiger partial charge in [-0.1, -0.05) is 19.9 Å². The average Bonchev–Trinajstić information content (AvgIpc) is 2.77. The normalized spacial score (nSPS) is 13.6. The topological polar surface area (TPSA) is 61.4 Å². The quantitative estimate of drug-likeness (QED) is 0.688. The fourth-order valence-electron chi connectivity index (χ4n) is 1.59. The second-order valence-electron chi connectivity index (χ2n) is 4.67. The van der Waals surface area contributed by atoms with Crippen LogP contribution in [0.5, 0.6) is 0 Å². The van der Waals surface area contributed by atoms with Gasteiger partial charge in [-0.3, -0.25) is 4.79 Å². The predicted octanol–water partition coefficient (Wildman–Crippen LogP) is 1.29. The molecular weight excluding hydrogens is 236 g/mol. The molecule has 0 aliphatic heterocycles. The molecule has 3 N–H and O–H groups in total. The third kappa shape index (κ3) is 4.11. The third-order valence-electron chi connectivity index (χ3n) is 2.75. The summed E-state index contributed by atoms with van der Waals surface area (Å²) in [6.07, 6.45) is 0. The van der Waals surface area contributed by atoms with Crippen molar-refractivity contribution in [3.05, 3.63) is 22.4 Å². The molecule has 0 aliphatic carbocycles. The van der Waals surface area contributed by atoms with Crippen LogP contribution in [0.4, 0.5) is 0 Å². The van der Waals surface area contributed by atoms with Gasteiger partial charge < -0.3 is 15.7 Å². The standard InChI is InChI=1S/C12H20N2O2S/c1-12(2,10-5-4-6-17-10)8-14-7-9(13-3)11(15)16/h4-6,9,13-14H,7-8H2,1-3H3,(H,15,16). The number of carboxylic acids is 1. The maximum Gasteiger partial charge on any atom is 0.322 e. The number of hydrogen-bond acceptors (Lipinski definition) is 4. The van der Waals surface area contributed by atoms with E-state index in [1.54, 1.807) is 18.4 Å². The summed E-state index contributed by atoms with van der Waals surface area (Å²) in [4.78, 5) is 12.1. The Labute approximate surface area is 106 Å². The fraction of sp³-hybridized carbons (Fsp3) is 0.583. The van der Waals surface area contributed by atoms with Crippen LogP contribution in [0.25, 0.3) is 0 Å². The Bertz CT molecular complexity index is 349. The summed E-state index contributed by atoms with van der Waals surface area (Å²) in [7, 11) is 1.66. The molecule has 0 bridgehead atoms. The fourth-order valence-corrected chi connectivity index (χ4v) is 2.44. The van der Waals surface area contributed by atoms with Crippen molar-refractivity contribution in [2.45, 2.75) is 25.3 Å². The molecule has 1 aromatic heterocycles. The van der Waals surface area contributed by atoms with E-state index in [4.69, 9.17) is 5.11 Å². The summed E-state index contributed by atoms with van der Waals surface area (Å²) in [5, 5.41) is 16.9. The summed E-state index contributed by atoms with van der Waals surface area (Å²) in [5.41, 5.74) is 0.0327. The molecule has 0 radical (unpaired) electrons. The minimum Gasteiger partial charge on any atom is -0.480 e. The monoisotopic (exact) mass is 256 g/mol. The molecule has 1 unspecified atom stereocenters. The lowest BCUT2D eigenvalue weighted by molar-refractivity contribution is -0.139. The highest BCUT2D eigenvalue weighted by molar-refractivity contribution is 7.10. The summed E-state index contributed by atoms with van der Waals surface area (Å²) in [6.45, 7) is 5.50. The third-order valence-corrected chi connectivity index (χ3v) is 3.99. The minimum atomic E-state index is -0.825. The number of aliphatic carboxylic acids is 1. The zero-order valence-electron chi connectivity index (χ0n) is 10.5. The molecule has 0 amide bonds. The van der Waals surface area contributed by atoms with Crippen molar-refractivity contribution in [1.29, 1.82) is 0 Å². The van der Waals surface area contributed by atoms with Gasteiger partial charge in [0.2, 0.25) is 0 Å². The van der Waals surface area contributed by atoms with Gasteiger partial charge >= 0.3 is 5.97 Å². The van der Waals surface area contributed by atoms with Crippen molar-refractivity contribution in [2.24, 2.45) is 0 Å². The highest BCUT2D eigenvalue weighted by atomic mass is 32.1. The highest BCUT2D eigenvalue weighted by Crippen LogP contribution is 2.26. The van der Waals surface area contributed by atoms with E-state index in [-0.39, 0.29) is 5.41 Å². The predicted molar refractivity (Wildman–Crippen MR) is 70.7 cm³/mol. The molecule has 1 aromatic rings. The van der Waals surface area contributed by atoms with Crippen molar-refractivity contribution in [3.8, 4) is 0 Å². The van der Waals surface area contributed by atoms with E-state index in [1.165, 1.54) is 4.88 Å². The number of rotatable bonds is 7. The Morgan fingerprint density at radius 3 is 2.76 bits per heavy atom. The molecule has 96 valence electrons. The lowest BCUT2D eigenvalue weighted by Gasteiger charge is -2.24. The van der Waals surface area contributed by atoms with Crippen molar-refractivity contribution in [3.63, 3.8) is 0 Å². The Morgan fingerprint density at radius 2 is 2.29 bits per heavy atom. The lowest BCUT2D eigenvalue weighted by Crippen LogP contribution is -2.45. The van der Waals surface area contributed by atoms with E-state index in [9.17, 15) is 4.79 Å². The summed E-state index contributed by atoms with van der Waals surface area (Å²) < 4.78 is 0. The number of nitrogens with one attached hydrogen (secondary N) is 2. The summed E-state index contributed by atoms with van der Waals surface area (Å²) in [6, 6.07) is 3.61. The van der Waals surface area contributed by atoms with Crippen LogP contribution in [-0.2, 0) is 10.2 Å². The second kappa shape index (κ2) is 6.14. The molecule has 1 rings (SSSR count). The van der Waals surface area contributed by atoms with Crippen LogP contribution in [0.15, 0.2) is 17.5 Å². The molecule has 17 heavy (non-hydrogen) atoms. The summed E-state index contributed by atoms with van der Waals surface area (Å²) >= 11 is 1.73. The maximum atomic E-state index is 10.8. The Hall–Kier alpha value is -0.910. The van der Waals surface area contributed by atoms with Crippen LogP contribution in [0.3, 0.4) is 0 Å². The molecule has 0 aromatic carbocycles. The number of hydrogen-bond donors (Lipinski definition) is 3. The molecule has 4 nitrogen and oxygen atoms in total. The second-order valence-corrected chi connectivity index (χ2v) is 5.62. The Kier molecular flexibility index (Phi) is 5.11. The van der Waals surface area contributed by atoms with Gasteiger partial charge in [0.15, 0.2) is 0 Å². The largest absolute Gasteiger partial charge is 0.480 e. The molecule has 0 saturated heterocycles. The highest BCUT2D eigenvalue weighted by Gasteiger charge is 2.22. The van der Waals surface area contributed by atoms with Crippen LogP contribution in [0, 0.1) is 0 Å². The zero-order chi connectivity index (χ0) is 12.9. The van der Waals surface area contributed by atoms with Crippen molar-refractivity contribution in [2.75, 3.05) is 20.1 Å². The average molecular weight is 256 g/mol. The van der Waals surface area contributed by atoms with E-state index in [2.05, 4.69) is 35.9 Å². The van der Waals surface area contributed by atoms with Crippen LogP contribution in [0.1, 0.15) is 18.7 Å². The van der Waals surface area contributed by atoms with Gasteiger partial charge in [-0.2, -0.15) is 0 Å². The zero-order valence-corrected chi connectivity index (χ0v) is 11.3. The van der Waals surface area contributed by atoms with E-state index in [1.807, 2.05) is 6.07 Å². The first-order valence-electron chi connectivity index (χ1n) is 5.62. The van der Waals surface area contributed by atoms with Crippen LogP contribution in [-0.4, -0.2) is 37.3 Å². The van der Waals surface area contributed by atoms with Gasteiger partial charge in [-0.05, 0) is 18.5 Å². The van der Waals surface area contributed by atoms with E-state index < -0.39 is 12.0 Å². The van der Waals surface area contributed by atoms with Crippen LogP contribution < -0.4 is 10.6 Å². The molecule has 0 saturated carbocycles. The van der Waals surface area contributed by atoms with Crippen LogP contribution >= 0.6 is 11.3 Å². The van der Waals surface area contributed by atoms with Gasteiger partial charge in [0.1, 0.15) is 6.04 Å². The van der Waals surface area contributed by atoms with Crippen molar-refractivity contribution < 1.29 is 9.90 Å². The molecule has 0 spiro atoms. The lowest BCUT2D eigenvalue weighted by atomic mass is 9.91. The van der Waals surface area contributed by atoms with Gasteiger partial charge in [-0.25, -0.2) is 0 Å². The number of thiophene rings is 1. The SMILES string of the molecule is CNC(CNCC(C)(C)c1cccs1)C(=O)O. The Morgan fingerprint density at radius 1 is 1.59 bits per heavy atom.